The van der Waals surface area contributed by atoms with Crippen LogP contribution in [-0.4, -0.2) is 4.98 Å². The molecule has 2 aromatic rings. The molecule has 1 heterocycles. The highest BCUT2D eigenvalue weighted by Gasteiger charge is 2.02. The van der Waals surface area contributed by atoms with Crippen LogP contribution in [0.4, 0.5) is 0 Å². The molecule has 0 radical (unpaired) electrons. The van der Waals surface area contributed by atoms with Crippen molar-refractivity contribution >= 4 is 22.5 Å². The number of nitriles is 1. The Morgan fingerprint density at radius 3 is 2.94 bits per heavy atom. The minimum Gasteiger partial charge on any atom is -0.236 e. The Morgan fingerprint density at radius 1 is 1.35 bits per heavy atom. The maximum Gasteiger partial charge on any atom is 0.132 e. The van der Waals surface area contributed by atoms with Gasteiger partial charge in [0.15, 0.2) is 0 Å². The largest absolute Gasteiger partial charge is 0.236 e. The molecule has 0 unspecified atom stereocenters. The number of fused-ring (bicyclic) bond motifs is 1. The topological polar surface area (TPSA) is 36.7 Å². The van der Waals surface area contributed by atoms with Gasteiger partial charge in [0, 0.05) is 11.8 Å². The lowest BCUT2D eigenvalue weighted by Gasteiger charge is -2.04. The van der Waals surface area contributed by atoms with Crippen molar-refractivity contribution < 1.29 is 0 Å². The van der Waals surface area contributed by atoms with Gasteiger partial charge in [-0.2, -0.15) is 5.26 Å². The molecule has 2 nitrogen and oxygen atoms in total. The molecular weight excluding hydrogens is 232 g/mol. The van der Waals surface area contributed by atoms with Crippen LogP contribution in [-0.2, 0) is 6.42 Å². The number of unbranched alkanes of at least 4 members (excludes halogenated alkanes) is 1. The molecule has 0 aliphatic heterocycles. The molecule has 86 valence electrons. The van der Waals surface area contributed by atoms with Crippen molar-refractivity contribution in [1.82, 2.24) is 4.98 Å². The molecule has 0 spiro atoms. The van der Waals surface area contributed by atoms with Crippen molar-refractivity contribution in [3.63, 3.8) is 0 Å². The van der Waals surface area contributed by atoms with Crippen LogP contribution in [0.3, 0.4) is 0 Å². The summed E-state index contributed by atoms with van der Waals surface area (Å²) in [5.41, 5.74) is 3.16. The number of pyridine rings is 1. The molecule has 0 N–H and O–H groups in total. The Hall–Kier alpha value is -1.59. The standard InChI is InChI=1S/C14H13ClN2/c1-10-8-12-9-11(4-2-3-7-16)5-6-13(12)17-14(10)15/h5-6,8-9H,2-4H2,1H3. The summed E-state index contributed by atoms with van der Waals surface area (Å²) in [5, 5.41) is 10.2. The molecular formula is C14H13ClN2. The number of halogens is 1. The van der Waals surface area contributed by atoms with Crippen LogP contribution < -0.4 is 0 Å². The number of hydrogen-bond donors (Lipinski definition) is 0. The number of nitrogens with zero attached hydrogens (tertiary/aromatic N) is 2. The second-order valence-corrected chi connectivity index (χ2v) is 4.49. The van der Waals surface area contributed by atoms with Crippen LogP contribution in [0.15, 0.2) is 24.3 Å². The molecule has 0 saturated carbocycles. The number of rotatable bonds is 3. The van der Waals surface area contributed by atoms with Crippen molar-refractivity contribution in [2.24, 2.45) is 0 Å². The van der Waals surface area contributed by atoms with Crippen LogP contribution in [0.1, 0.15) is 24.0 Å². The highest BCUT2D eigenvalue weighted by Crippen LogP contribution is 2.21. The maximum absolute atomic E-state index is 8.51. The predicted molar refractivity (Wildman–Crippen MR) is 70.0 cm³/mol. The van der Waals surface area contributed by atoms with Gasteiger partial charge < -0.3 is 0 Å². The number of aryl methyl sites for hydroxylation is 2. The molecule has 0 aliphatic carbocycles. The molecule has 0 aliphatic rings. The lowest BCUT2D eigenvalue weighted by Crippen LogP contribution is -1.88. The van der Waals surface area contributed by atoms with E-state index in [-0.39, 0.29) is 0 Å². The van der Waals surface area contributed by atoms with Crippen LogP contribution >= 0.6 is 11.6 Å². The normalized spacial score (nSPS) is 10.4. The van der Waals surface area contributed by atoms with Crippen LogP contribution in [0.25, 0.3) is 10.9 Å². The van der Waals surface area contributed by atoms with Gasteiger partial charge >= 0.3 is 0 Å². The molecule has 1 aromatic carbocycles. The van der Waals surface area contributed by atoms with Gasteiger partial charge in [0.2, 0.25) is 0 Å². The summed E-state index contributed by atoms with van der Waals surface area (Å²) in [7, 11) is 0. The van der Waals surface area contributed by atoms with Gasteiger partial charge in [-0.25, -0.2) is 4.98 Å². The molecule has 1 aromatic heterocycles. The van der Waals surface area contributed by atoms with E-state index >= 15 is 0 Å². The Bertz CT molecular complexity index is 585. The minimum absolute atomic E-state index is 0.565. The Labute approximate surface area is 106 Å². The molecule has 0 fully saturated rings. The monoisotopic (exact) mass is 244 g/mol. The molecule has 17 heavy (non-hydrogen) atoms. The van der Waals surface area contributed by atoms with E-state index in [0.717, 1.165) is 29.3 Å². The first-order valence-electron chi connectivity index (χ1n) is 5.63. The fraction of sp³-hybridized carbons (Fsp3) is 0.286. The number of aromatic nitrogens is 1. The van der Waals surface area contributed by atoms with E-state index in [1.807, 2.05) is 13.0 Å². The predicted octanol–water partition coefficient (Wildman–Crippen LogP) is 4.04. The van der Waals surface area contributed by atoms with Crippen molar-refractivity contribution in [3.05, 3.63) is 40.5 Å². The number of hydrogen-bond acceptors (Lipinski definition) is 2. The third-order valence-corrected chi connectivity index (χ3v) is 3.14. The molecule has 0 atom stereocenters. The highest BCUT2D eigenvalue weighted by molar-refractivity contribution is 6.30. The smallest absolute Gasteiger partial charge is 0.132 e. The summed E-state index contributed by atoms with van der Waals surface area (Å²) in [6.07, 6.45) is 2.45. The van der Waals surface area contributed by atoms with Crippen LogP contribution in [0.5, 0.6) is 0 Å². The maximum atomic E-state index is 8.51. The van der Waals surface area contributed by atoms with Crippen molar-refractivity contribution in [1.29, 1.82) is 5.26 Å². The van der Waals surface area contributed by atoms with Gasteiger partial charge in [-0.05, 0) is 49.1 Å². The van der Waals surface area contributed by atoms with Gasteiger partial charge in [-0.15, -0.1) is 0 Å². The average molecular weight is 245 g/mol. The SMILES string of the molecule is Cc1cc2cc(CCCC#N)ccc2nc1Cl. The third-order valence-electron chi connectivity index (χ3n) is 2.76. The number of benzene rings is 1. The van der Waals surface area contributed by atoms with Crippen molar-refractivity contribution in [3.8, 4) is 6.07 Å². The van der Waals surface area contributed by atoms with Gasteiger partial charge in [-0.3, -0.25) is 0 Å². The zero-order valence-corrected chi connectivity index (χ0v) is 10.5. The van der Waals surface area contributed by atoms with E-state index in [0.29, 0.717) is 11.6 Å². The second-order valence-electron chi connectivity index (χ2n) is 4.13. The van der Waals surface area contributed by atoms with E-state index in [1.165, 1.54) is 5.56 Å². The first-order chi connectivity index (χ1) is 8.20. The van der Waals surface area contributed by atoms with E-state index in [1.54, 1.807) is 0 Å². The molecule has 0 bridgehead atoms. The minimum atomic E-state index is 0.565. The van der Waals surface area contributed by atoms with E-state index < -0.39 is 0 Å². The fourth-order valence-corrected chi connectivity index (χ4v) is 1.98. The van der Waals surface area contributed by atoms with Gasteiger partial charge in [0.25, 0.3) is 0 Å². The van der Waals surface area contributed by atoms with Crippen molar-refractivity contribution in [2.75, 3.05) is 0 Å². The zero-order valence-electron chi connectivity index (χ0n) is 9.70. The first kappa shape index (κ1) is 11.9. The zero-order chi connectivity index (χ0) is 12.3. The summed E-state index contributed by atoms with van der Waals surface area (Å²) in [5.74, 6) is 0. The lowest BCUT2D eigenvalue weighted by atomic mass is 10.0. The van der Waals surface area contributed by atoms with E-state index in [4.69, 9.17) is 16.9 Å². The first-order valence-corrected chi connectivity index (χ1v) is 6.01. The van der Waals surface area contributed by atoms with Gasteiger partial charge in [-0.1, -0.05) is 17.7 Å². The molecule has 3 heteroatoms. The van der Waals surface area contributed by atoms with Gasteiger partial charge in [0.1, 0.15) is 5.15 Å². The molecule has 2 rings (SSSR count). The van der Waals surface area contributed by atoms with Crippen LogP contribution in [0, 0.1) is 18.3 Å². The summed E-state index contributed by atoms with van der Waals surface area (Å²) in [4.78, 5) is 4.33. The summed E-state index contributed by atoms with van der Waals surface area (Å²) < 4.78 is 0. The summed E-state index contributed by atoms with van der Waals surface area (Å²) >= 11 is 5.98. The Balaban J connectivity index is 2.31. The summed E-state index contributed by atoms with van der Waals surface area (Å²) in [6.45, 7) is 1.96. The third kappa shape index (κ3) is 2.75. The summed E-state index contributed by atoms with van der Waals surface area (Å²) in [6, 6.07) is 10.4. The van der Waals surface area contributed by atoms with E-state index in [9.17, 15) is 0 Å². The molecule has 0 amide bonds. The lowest BCUT2D eigenvalue weighted by molar-refractivity contribution is 0.851. The Kier molecular flexibility index (Phi) is 3.61. The van der Waals surface area contributed by atoms with Gasteiger partial charge in [0.05, 0.1) is 11.6 Å². The average Bonchev–Trinajstić information content (AvgIpc) is 2.31. The second kappa shape index (κ2) is 5.16. The van der Waals surface area contributed by atoms with E-state index in [2.05, 4.69) is 29.3 Å². The highest BCUT2D eigenvalue weighted by atomic mass is 35.5. The Morgan fingerprint density at radius 2 is 2.18 bits per heavy atom. The fourth-order valence-electron chi connectivity index (χ4n) is 1.84. The van der Waals surface area contributed by atoms with Crippen LogP contribution in [0.2, 0.25) is 5.15 Å². The quantitative estimate of drug-likeness (QED) is 0.603. The van der Waals surface area contributed by atoms with Crippen molar-refractivity contribution in [2.45, 2.75) is 26.2 Å². The molecule has 0 saturated heterocycles.